The maximum atomic E-state index is 13.3. The van der Waals surface area contributed by atoms with Crippen LogP contribution in [0.25, 0.3) is 21.8 Å². The number of carbonyl (C=O) groups is 1. The van der Waals surface area contributed by atoms with E-state index in [4.69, 9.17) is 14.2 Å². The number of amides is 1. The molecule has 32 heavy (non-hydrogen) atoms. The fraction of sp³-hybridized carbons (Fsp3) is 0.292. The molecule has 0 aliphatic carbocycles. The van der Waals surface area contributed by atoms with Crippen LogP contribution in [0.15, 0.2) is 42.5 Å². The van der Waals surface area contributed by atoms with Crippen molar-refractivity contribution in [3.8, 4) is 11.5 Å². The molecule has 1 N–H and O–H groups in total. The van der Waals surface area contributed by atoms with Gasteiger partial charge in [-0.1, -0.05) is 18.2 Å². The number of pyridine rings is 1. The maximum Gasteiger partial charge on any atom is 0.343 e. The van der Waals surface area contributed by atoms with Crippen molar-refractivity contribution >= 4 is 27.8 Å². The Hall–Kier alpha value is -3.65. The Morgan fingerprint density at radius 1 is 1.12 bits per heavy atom. The maximum absolute atomic E-state index is 13.3. The molecule has 0 bridgehead atoms. The predicted octanol–water partition coefficient (Wildman–Crippen LogP) is 3.67. The van der Waals surface area contributed by atoms with E-state index in [1.54, 1.807) is 0 Å². The summed E-state index contributed by atoms with van der Waals surface area (Å²) in [5.74, 6) is 1.47. The molecule has 6 rings (SSSR count). The number of ether oxygens (including phenoxy) is 3. The average Bonchev–Trinajstić information content (AvgIpc) is 3.32. The smallest absolute Gasteiger partial charge is 0.343 e. The molecule has 2 aromatic heterocycles. The molecule has 8 nitrogen and oxygen atoms in total. The zero-order valence-corrected chi connectivity index (χ0v) is 17.8. The van der Waals surface area contributed by atoms with E-state index in [0.29, 0.717) is 19.8 Å². The third-order valence-electron chi connectivity index (χ3n) is 6.04. The van der Waals surface area contributed by atoms with Gasteiger partial charge >= 0.3 is 6.03 Å². The number of para-hydroxylation sites is 1. The second kappa shape index (κ2) is 7.20. The second-order valence-electron chi connectivity index (χ2n) is 8.23. The minimum Gasteiger partial charge on any atom is -0.491 e. The number of aromatic nitrogens is 3. The second-order valence-corrected chi connectivity index (χ2v) is 8.23. The fourth-order valence-corrected chi connectivity index (χ4v) is 4.43. The highest BCUT2D eigenvalue weighted by atomic mass is 16.6. The molecule has 0 spiro atoms. The molecule has 4 aromatic rings. The molecule has 162 valence electrons. The molecule has 2 aromatic carbocycles. The number of fused-ring (bicyclic) bond motifs is 4. The van der Waals surface area contributed by atoms with E-state index in [1.807, 2.05) is 56.3 Å². The van der Waals surface area contributed by atoms with Crippen molar-refractivity contribution < 1.29 is 19.0 Å². The molecular weight excluding hydrogens is 408 g/mol. The summed E-state index contributed by atoms with van der Waals surface area (Å²) in [5, 5.41) is 9.44. The summed E-state index contributed by atoms with van der Waals surface area (Å²) in [6.45, 7) is 5.42. The normalized spacial score (nSPS) is 17.8. The van der Waals surface area contributed by atoms with E-state index in [1.165, 1.54) is 4.68 Å². The van der Waals surface area contributed by atoms with Crippen LogP contribution >= 0.6 is 0 Å². The van der Waals surface area contributed by atoms with Crippen molar-refractivity contribution in [1.82, 2.24) is 20.1 Å². The van der Waals surface area contributed by atoms with Gasteiger partial charge in [-0.2, -0.15) is 9.78 Å². The van der Waals surface area contributed by atoms with E-state index in [2.05, 4.69) is 15.4 Å². The van der Waals surface area contributed by atoms with Gasteiger partial charge in [-0.05, 0) is 32.0 Å². The quantitative estimate of drug-likeness (QED) is 0.534. The first-order valence-corrected chi connectivity index (χ1v) is 10.6. The average molecular weight is 430 g/mol. The van der Waals surface area contributed by atoms with Crippen LogP contribution in [0.4, 0.5) is 4.79 Å². The first kappa shape index (κ1) is 19.1. The van der Waals surface area contributed by atoms with Gasteiger partial charge in [0, 0.05) is 28.1 Å². The van der Waals surface area contributed by atoms with Crippen LogP contribution in [-0.4, -0.2) is 46.7 Å². The Morgan fingerprint density at radius 3 is 2.78 bits per heavy atom. The number of hydrogen-bond acceptors (Lipinski definition) is 6. The van der Waals surface area contributed by atoms with Crippen LogP contribution in [0.5, 0.6) is 11.5 Å². The number of nitrogens with zero attached hydrogens (tertiary/aromatic N) is 3. The van der Waals surface area contributed by atoms with E-state index >= 15 is 0 Å². The predicted molar refractivity (Wildman–Crippen MR) is 118 cm³/mol. The van der Waals surface area contributed by atoms with E-state index < -0.39 is 0 Å². The largest absolute Gasteiger partial charge is 0.491 e. The lowest BCUT2D eigenvalue weighted by atomic mass is 10.1. The minimum absolute atomic E-state index is 0.0917. The number of rotatable bonds is 3. The summed E-state index contributed by atoms with van der Waals surface area (Å²) >= 11 is 0. The van der Waals surface area contributed by atoms with Gasteiger partial charge in [-0.25, -0.2) is 4.79 Å². The van der Waals surface area contributed by atoms with Crippen LogP contribution < -0.4 is 14.8 Å². The highest BCUT2D eigenvalue weighted by Crippen LogP contribution is 2.36. The summed E-state index contributed by atoms with van der Waals surface area (Å²) in [7, 11) is 0. The molecule has 0 saturated carbocycles. The summed E-state index contributed by atoms with van der Waals surface area (Å²) in [6.07, 6.45) is 0.0917. The van der Waals surface area contributed by atoms with Crippen molar-refractivity contribution in [2.75, 3.05) is 19.8 Å². The molecule has 2 aliphatic rings. The molecule has 1 fully saturated rings. The first-order valence-electron chi connectivity index (χ1n) is 10.6. The third kappa shape index (κ3) is 2.98. The van der Waals surface area contributed by atoms with Crippen molar-refractivity contribution in [3.63, 3.8) is 0 Å². The number of benzene rings is 2. The monoisotopic (exact) mass is 430 g/mol. The summed E-state index contributed by atoms with van der Waals surface area (Å²) in [6, 6.07) is 13.0. The summed E-state index contributed by atoms with van der Waals surface area (Å²) in [4.78, 5) is 18.0. The van der Waals surface area contributed by atoms with Crippen LogP contribution in [0.1, 0.15) is 23.0 Å². The van der Waals surface area contributed by atoms with Crippen molar-refractivity contribution in [2.24, 2.45) is 0 Å². The van der Waals surface area contributed by atoms with Gasteiger partial charge < -0.3 is 19.5 Å². The Morgan fingerprint density at radius 2 is 1.97 bits per heavy atom. The van der Waals surface area contributed by atoms with Gasteiger partial charge in [0.1, 0.15) is 24.2 Å². The van der Waals surface area contributed by atoms with Gasteiger partial charge in [0.25, 0.3) is 0 Å². The Kier molecular flexibility index (Phi) is 4.29. The molecule has 1 amide bonds. The first-order chi connectivity index (χ1) is 15.6. The zero-order chi connectivity index (χ0) is 21.8. The van der Waals surface area contributed by atoms with Gasteiger partial charge in [0.2, 0.25) is 0 Å². The lowest BCUT2D eigenvalue weighted by Crippen LogP contribution is -2.38. The lowest BCUT2D eigenvalue weighted by molar-refractivity contribution is -0.0797. The van der Waals surface area contributed by atoms with Gasteiger partial charge in [0.15, 0.2) is 0 Å². The molecule has 4 heterocycles. The van der Waals surface area contributed by atoms with Crippen molar-refractivity contribution in [2.45, 2.75) is 26.0 Å². The number of nitrogens with one attached hydrogen (secondary N) is 1. The molecule has 8 heteroatoms. The highest BCUT2D eigenvalue weighted by Gasteiger charge is 2.29. The van der Waals surface area contributed by atoms with Gasteiger partial charge in [-0.15, -0.1) is 0 Å². The standard InChI is InChI=1S/C24H22N4O4/c1-13-22-14(2)27-28(23(22)18-5-3-4-6-19(18)25-13)24(29)26-20-12-31-21-9-15(7-8-17(20)21)32-16-10-30-11-16/h3-9,16,20H,10-12H2,1-2H3,(H,26,29)/t20-/m1/s1. The van der Waals surface area contributed by atoms with Crippen LogP contribution in [0.2, 0.25) is 0 Å². The summed E-state index contributed by atoms with van der Waals surface area (Å²) < 4.78 is 18.3. The highest BCUT2D eigenvalue weighted by molar-refractivity contribution is 6.08. The molecule has 0 unspecified atom stereocenters. The van der Waals surface area contributed by atoms with E-state index in [0.717, 1.165) is 50.3 Å². The Labute approximate surface area is 184 Å². The lowest BCUT2D eigenvalue weighted by Gasteiger charge is -2.26. The zero-order valence-electron chi connectivity index (χ0n) is 17.8. The van der Waals surface area contributed by atoms with Crippen LogP contribution in [0, 0.1) is 13.8 Å². The molecule has 1 saturated heterocycles. The van der Waals surface area contributed by atoms with Gasteiger partial charge in [0.05, 0.1) is 36.0 Å². The van der Waals surface area contributed by atoms with E-state index in [-0.39, 0.29) is 18.2 Å². The Bertz CT molecular complexity index is 1380. The SMILES string of the molecule is Cc1nc2ccccc2c2c1c(C)nn2C(=O)N[C@@H]1COc2cc(OC3COC3)ccc21. The van der Waals surface area contributed by atoms with Crippen molar-refractivity contribution in [1.29, 1.82) is 0 Å². The van der Waals surface area contributed by atoms with E-state index in [9.17, 15) is 4.79 Å². The van der Waals surface area contributed by atoms with Crippen LogP contribution in [-0.2, 0) is 4.74 Å². The topological polar surface area (TPSA) is 87.5 Å². The van der Waals surface area contributed by atoms with Gasteiger partial charge in [-0.3, -0.25) is 4.98 Å². The number of carbonyl (C=O) groups excluding carboxylic acids is 1. The molecule has 0 radical (unpaired) electrons. The molecular formula is C24H22N4O4. The minimum atomic E-state index is -0.299. The number of aryl methyl sites for hydroxylation is 2. The fourth-order valence-electron chi connectivity index (χ4n) is 4.43. The van der Waals surface area contributed by atoms with Crippen molar-refractivity contribution in [3.05, 3.63) is 59.4 Å². The van der Waals surface area contributed by atoms with Crippen LogP contribution in [0.3, 0.4) is 0 Å². The number of hydrogen-bond donors (Lipinski definition) is 1. The summed E-state index contributed by atoms with van der Waals surface area (Å²) in [5.41, 5.74) is 4.16. The molecule has 2 aliphatic heterocycles. The molecule has 1 atom stereocenters. The Balaban J connectivity index is 1.32. The third-order valence-corrected chi connectivity index (χ3v) is 6.04.